The highest BCUT2D eigenvalue weighted by Gasteiger charge is 2.26. The van der Waals surface area contributed by atoms with Crippen LogP contribution in [0.2, 0.25) is 0 Å². The van der Waals surface area contributed by atoms with Crippen molar-refractivity contribution in [3.63, 3.8) is 0 Å². The maximum atomic E-state index is 6.59. The first-order valence-electron chi connectivity index (χ1n) is 8.94. The lowest BCUT2D eigenvalue weighted by Crippen LogP contribution is -2.26. The predicted octanol–water partition coefficient (Wildman–Crippen LogP) is 5.49. The van der Waals surface area contributed by atoms with Gasteiger partial charge in [-0.05, 0) is 48.1 Å². The standard InChI is InChI=1S/C20H33N/c1-4-6-16-9-11-18(12-10-16)20(21)19-8-5-7-17(14-19)13-15(2)3/h5,7-8,14-16,18,20H,4,6,9-13,21H2,1-3H3. The molecule has 0 heterocycles. The van der Waals surface area contributed by atoms with E-state index in [0.29, 0.717) is 11.8 Å². The topological polar surface area (TPSA) is 26.0 Å². The molecule has 1 fully saturated rings. The van der Waals surface area contributed by atoms with Crippen molar-refractivity contribution in [2.45, 2.75) is 71.8 Å². The van der Waals surface area contributed by atoms with Gasteiger partial charge < -0.3 is 5.73 Å². The number of rotatable bonds is 6. The third-order valence-corrected chi connectivity index (χ3v) is 5.08. The zero-order valence-electron chi connectivity index (χ0n) is 14.1. The zero-order valence-corrected chi connectivity index (χ0v) is 14.1. The summed E-state index contributed by atoms with van der Waals surface area (Å²) in [6.45, 7) is 6.86. The first-order valence-corrected chi connectivity index (χ1v) is 8.94. The van der Waals surface area contributed by atoms with E-state index < -0.39 is 0 Å². The Hall–Kier alpha value is -0.820. The molecule has 0 aromatic heterocycles. The molecule has 0 bridgehead atoms. The summed E-state index contributed by atoms with van der Waals surface area (Å²) in [4.78, 5) is 0. The number of hydrogen-bond donors (Lipinski definition) is 1. The van der Waals surface area contributed by atoms with Crippen LogP contribution in [0.4, 0.5) is 0 Å². The van der Waals surface area contributed by atoms with Crippen LogP contribution in [0, 0.1) is 17.8 Å². The molecule has 21 heavy (non-hydrogen) atoms. The van der Waals surface area contributed by atoms with Crippen LogP contribution in [-0.4, -0.2) is 0 Å². The summed E-state index contributed by atoms with van der Waals surface area (Å²) in [6.07, 6.45) is 9.31. The van der Waals surface area contributed by atoms with E-state index >= 15 is 0 Å². The van der Waals surface area contributed by atoms with Crippen LogP contribution in [0.5, 0.6) is 0 Å². The Morgan fingerprint density at radius 1 is 1.14 bits per heavy atom. The Morgan fingerprint density at radius 3 is 2.48 bits per heavy atom. The largest absolute Gasteiger partial charge is 0.324 e. The van der Waals surface area contributed by atoms with Gasteiger partial charge in [-0.2, -0.15) is 0 Å². The van der Waals surface area contributed by atoms with E-state index in [-0.39, 0.29) is 6.04 Å². The number of benzene rings is 1. The summed E-state index contributed by atoms with van der Waals surface area (Å²) in [5.74, 6) is 2.36. The molecule has 1 unspecified atom stereocenters. The van der Waals surface area contributed by atoms with Gasteiger partial charge >= 0.3 is 0 Å². The van der Waals surface area contributed by atoms with Crippen molar-refractivity contribution in [2.24, 2.45) is 23.5 Å². The van der Waals surface area contributed by atoms with Crippen LogP contribution in [0.25, 0.3) is 0 Å². The van der Waals surface area contributed by atoms with Gasteiger partial charge in [0.1, 0.15) is 0 Å². The monoisotopic (exact) mass is 287 g/mol. The molecule has 1 saturated carbocycles. The van der Waals surface area contributed by atoms with Gasteiger partial charge in [0.05, 0.1) is 0 Å². The summed E-state index contributed by atoms with van der Waals surface area (Å²) in [5.41, 5.74) is 9.38. The Balaban J connectivity index is 1.95. The molecular weight excluding hydrogens is 254 g/mol. The Kier molecular flexibility index (Phi) is 6.29. The van der Waals surface area contributed by atoms with Crippen molar-refractivity contribution < 1.29 is 0 Å². The van der Waals surface area contributed by atoms with Crippen molar-refractivity contribution in [3.05, 3.63) is 35.4 Å². The van der Waals surface area contributed by atoms with Gasteiger partial charge in [-0.25, -0.2) is 0 Å². The van der Waals surface area contributed by atoms with E-state index in [2.05, 4.69) is 45.0 Å². The second kappa shape index (κ2) is 7.98. The minimum atomic E-state index is 0.236. The molecule has 1 aromatic carbocycles. The zero-order chi connectivity index (χ0) is 15.2. The van der Waals surface area contributed by atoms with Gasteiger partial charge in [0.15, 0.2) is 0 Å². The van der Waals surface area contributed by atoms with E-state index in [1.807, 2.05) is 0 Å². The van der Waals surface area contributed by atoms with Crippen LogP contribution < -0.4 is 5.73 Å². The third kappa shape index (κ3) is 4.85. The highest BCUT2D eigenvalue weighted by molar-refractivity contribution is 5.26. The molecular formula is C20H33N. The minimum Gasteiger partial charge on any atom is -0.324 e. The Labute approximate surface area is 131 Å². The van der Waals surface area contributed by atoms with Crippen LogP contribution in [0.3, 0.4) is 0 Å². The summed E-state index contributed by atoms with van der Waals surface area (Å²) in [6, 6.07) is 9.25. The molecule has 1 aliphatic rings. The molecule has 0 radical (unpaired) electrons. The maximum Gasteiger partial charge on any atom is 0.0323 e. The fourth-order valence-electron chi connectivity index (χ4n) is 3.92. The lowest BCUT2D eigenvalue weighted by Gasteiger charge is -2.32. The molecule has 0 aliphatic heterocycles. The predicted molar refractivity (Wildman–Crippen MR) is 92.3 cm³/mol. The highest BCUT2D eigenvalue weighted by atomic mass is 14.7. The Morgan fingerprint density at radius 2 is 1.86 bits per heavy atom. The third-order valence-electron chi connectivity index (χ3n) is 5.08. The van der Waals surface area contributed by atoms with Crippen molar-refractivity contribution in [2.75, 3.05) is 0 Å². The van der Waals surface area contributed by atoms with Crippen molar-refractivity contribution in [1.29, 1.82) is 0 Å². The van der Waals surface area contributed by atoms with E-state index in [4.69, 9.17) is 5.73 Å². The normalized spacial score (nSPS) is 24.2. The van der Waals surface area contributed by atoms with Gasteiger partial charge in [0.2, 0.25) is 0 Å². The van der Waals surface area contributed by atoms with Crippen LogP contribution >= 0.6 is 0 Å². The molecule has 1 heteroatoms. The smallest absolute Gasteiger partial charge is 0.0323 e. The average Bonchev–Trinajstić information content (AvgIpc) is 2.47. The SMILES string of the molecule is CCCC1CCC(C(N)c2cccc(CC(C)C)c2)CC1. The van der Waals surface area contributed by atoms with Crippen LogP contribution in [-0.2, 0) is 6.42 Å². The lowest BCUT2D eigenvalue weighted by molar-refractivity contribution is 0.234. The average molecular weight is 287 g/mol. The Bertz CT molecular complexity index is 416. The number of hydrogen-bond acceptors (Lipinski definition) is 1. The summed E-state index contributed by atoms with van der Waals surface area (Å²) >= 11 is 0. The van der Waals surface area contributed by atoms with Crippen molar-refractivity contribution in [1.82, 2.24) is 0 Å². The second-order valence-electron chi connectivity index (χ2n) is 7.44. The highest BCUT2D eigenvalue weighted by Crippen LogP contribution is 2.37. The lowest BCUT2D eigenvalue weighted by atomic mass is 9.75. The van der Waals surface area contributed by atoms with Gasteiger partial charge in [-0.15, -0.1) is 0 Å². The van der Waals surface area contributed by atoms with E-state index in [1.54, 1.807) is 0 Å². The van der Waals surface area contributed by atoms with E-state index in [9.17, 15) is 0 Å². The quantitative estimate of drug-likeness (QED) is 0.735. The molecule has 0 saturated heterocycles. The summed E-state index contributed by atoms with van der Waals surface area (Å²) < 4.78 is 0. The molecule has 2 rings (SSSR count). The van der Waals surface area contributed by atoms with Crippen molar-refractivity contribution in [3.8, 4) is 0 Å². The molecule has 1 nitrogen and oxygen atoms in total. The number of nitrogens with two attached hydrogens (primary N) is 1. The van der Waals surface area contributed by atoms with Crippen molar-refractivity contribution >= 4 is 0 Å². The summed E-state index contributed by atoms with van der Waals surface area (Å²) in [5, 5.41) is 0. The fourth-order valence-corrected chi connectivity index (χ4v) is 3.92. The van der Waals surface area contributed by atoms with Gasteiger partial charge in [-0.3, -0.25) is 0 Å². The molecule has 1 atom stereocenters. The molecule has 118 valence electrons. The fraction of sp³-hybridized carbons (Fsp3) is 0.700. The second-order valence-corrected chi connectivity index (χ2v) is 7.44. The van der Waals surface area contributed by atoms with Gasteiger partial charge in [0.25, 0.3) is 0 Å². The molecule has 0 spiro atoms. The summed E-state index contributed by atoms with van der Waals surface area (Å²) in [7, 11) is 0. The van der Waals surface area contributed by atoms with E-state index in [0.717, 1.165) is 12.3 Å². The van der Waals surface area contributed by atoms with E-state index in [1.165, 1.54) is 49.7 Å². The molecule has 1 aliphatic carbocycles. The molecule has 1 aromatic rings. The first kappa shape index (κ1) is 16.5. The maximum absolute atomic E-state index is 6.59. The molecule has 0 amide bonds. The van der Waals surface area contributed by atoms with Crippen LogP contribution in [0.1, 0.15) is 76.5 Å². The van der Waals surface area contributed by atoms with Crippen LogP contribution in [0.15, 0.2) is 24.3 Å². The first-order chi connectivity index (χ1) is 10.1. The molecule has 2 N–H and O–H groups in total. The minimum absolute atomic E-state index is 0.236. The van der Waals surface area contributed by atoms with Gasteiger partial charge in [-0.1, -0.05) is 70.7 Å². The van der Waals surface area contributed by atoms with Gasteiger partial charge in [0, 0.05) is 6.04 Å².